The summed E-state index contributed by atoms with van der Waals surface area (Å²) in [7, 11) is 0. The quantitative estimate of drug-likeness (QED) is 0.501. The molecule has 1 heterocycles. The summed E-state index contributed by atoms with van der Waals surface area (Å²) in [6.45, 7) is -0.544. The molecule has 0 spiro atoms. The second-order valence-electron chi connectivity index (χ2n) is 5.28. The van der Waals surface area contributed by atoms with E-state index >= 15 is 0 Å². The number of rotatable bonds is 3. The lowest BCUT2D eigenvalue weighted by Crippen LogP contribution is -2.32. The predicted octanol–water partition coefficient (Wildman–Crippen LogP) is 2.17. The van der Waals surface area contributed by atoms with Crippen molar-refractivity contribution in [1.29, 1.82) is 0 Å². The van der Waals surface area contributed by atoms with Crippen molar-refractivity contribution < 1.29 is 14.5 Å². The fourth-order valence-corrected chi connectivity index (χ4v) is 2.76. The summed E-state index contributed by atoms with van der Waals surface area (Å²) in [6, 6.07) is 10.0. The maximum Gasteiger partial charge on any atom is 0.438 e. The molecule has 1 aliphatic heterocycles. The average Bonchev–Trinajstić information content (AvgIpc) is 2.72. The first-order valence-electron chi connectivity index (χ1n) is 7.23. The van der Waals surface area contributed by atoms with Crippen LogP contribution in [0.4, 0.5) is 4.39 Å². The highest BCUT2D eigenvalue weighted by Crippen LogP contribution is 2.22. The van der Waals surface area contributed by atoms with Gasteiger partial charge in [0, 0.05) is 15.8 Å². The van der Waals surface area contributed by atoms with Crippen LogP contribution in [0.3, 0.4) is 0 Å². The van der Waals surface area contributed by atoms with Crippen molar-refractivity contribution in [2.75, 3.05) is 6.54 Å². The summed E-state index contributed by atoms with van der Waals surface area (Å²) in [6.07, 6.45) is 0. The van der Waals surface area contributed by atoms with E-state index in [0.29, 0.717) is 5.06 Å². The summed E-state index contributed by atoms with van der Waals surface area (Å²) < 4.78 is 14.3. The van der Waals surface area contributed by atoms with Crippen molar-refractivity contribution in [2.24, 2.45) is 10.2 Å². The van der Waals surface area contributed by atoms with Gasteiger partial charge in [0.05, 0.1) is 17.6 Å². The summed E-state index contributed by atoms with van der Waals surface area (Å²) in [5.74, 6) is -1.66. The molecule has 1 N–H and O–H groups in total. The zero-order valence-electron chi connectivity index (χ0n) is 13.0. The predicted molar refractivity (Wildman–Crippen MR) is 89.5 cm³/mol. The second-order valence-corrected chi connectivity index (χ2v) is 5.71. The van der Waals surface area contributed by atoms with Gasteiger partial charge < -0.3 is 10.1 Å². The van der Waals surface area contributed by atoms with Crippen LogP contribution in [-0.4, -0.2) is 21.7 Å². The van der Waals surface area contributed by atoms with Gasteiger partial charge in [-0.15, -0.1) is 0 Å². The number of nitro groups is 1. The summed E-state index contributed by atoms with van der Waals surface area (Å²) >= 11 is 6.01. The van der Waals surface area contributed by atoms with Gasteiger partial charge in [-0.25, -0.2) is 14.4 Å². The summed E-state index contributed by atoms with van der Waals surface area (Å²) in [4.78, 5) is 24.9. The average molecular weight is 377 g/mol. The molecule has 2 aromatic rings. The molecule has 2 aromatic carbocycles. The van der Waals surface area contributed by atoms with Crippen LogP contribution in [0, 0.1) is 20.8 Å². The number of hydrogen-bond acceptors (Lipinski definition) is 7. The number of nitroso groups, excluding NO2 is 1. The van der Waals surface area contributed by atoms with E-state index < -0.39 is 23.1 Å². The highest BCUT2D eigenvalue weighted by Gasteiger charge is 2.26. The van der Waals surface area contributed by atoms with Gasteiger partial charge in [0.2, 0.25) is 5.18 Å². The van der Waals surface area contributed by atoms with Gasteiger partial charge in [-0.2, -0.15) is 0 Å². The minimum atomic E-state index is -1.04. The molecule has 0 radical (unpaired) electrons. The monoisotopic (exact) mass is 376 g/mol. The fourth-order valence-electron chi connectivity index (χ4n) is 2.59. The third-order valence-electron chi connectivity index (χ3n) is 3.67. The molecule has 3 rings (SSSR count). The van der Waals surface area contributed by atoms with Gasteiger partial charge in [0.25, 0.3) is 0 Å². The molecule has 0 amide bonds. The molecular formula is C16H10ClFN4O4. The second kappa shape index (κ2) is 6.98. The number of hydroxylamine groups is 2. The molecule has 10 heteroatoms. The normalized spacial score (nSPS) is 15.7. The smallest absolute Gasteiger partial charge is 0.358 e. The molecule has 0 fully saturated rings. The number of benzene rings is 2. The Morgan fingerprint density at radius 2 is 2.08 bits per heavy atom. The van der Waals surface area contributed by atoms with Crippen LogP contribution < -0.4 is 10.6 Å². The third-order valence-corrected chi connectivity index (χ3v) is 3.91. The molecule has 0 unspecified atom stereocenters. The Hall–Kier alpha value is -3.17. The van der Waals surface area contributed by atoms with Crippen molar-refractivity contribution in [3.63, 3.8) is 0 Å². The maximum absolute atomic E-state index is 14.3. The van der Waals surface area contributed by atoms with Crippen LogP contribution >= 0.6 is 11.6 Å². The topological polar surface area (TPSA) is 108 Å². The van der Waals surface area contributed by atoms with E-state index in [9.17, 15) is 24.6 Å². The number of fused-ring (bicyclic) bond motifs is 1. The number of halogens is 2. The summed E-state index contributed by atoms with van der Waals surface area (Å²) in [5, 5.41) is 25.2. The van der Waals surface area contributed by atoms with Gasteiger partial charge in [0.1, 0.15) is 5.82 Å². The Morgan fingerprint density at radius 3 is 2.73 bits per heavy atom. The highest BCUT2D eigenvalue weighted by molar-refractivity contribution is 6.30. The number of nitrogens with zero attached hydrogens (tertiary/aromatic N) is 4. The van der Waals surface area contributed by atoms with Crippen molar-refractivity contribution in [2.45, 2.75) is 0 Å². The molecule has 1 aliphatic rings. The van der Waals surface area contributed by atoms with Gasteiger partial charge in [0.15, 0.2) is 5.70 Å². The van der Waals surface area contributed by atoms with E-state index in [1.807, 2.05) is 0 Å². The number of hydrogen-bond donors (Lipinski definition) is 1. The molecule has 132 valence electrons. The Balaban J connectivity index is 2.45. The Kier molecular flexibility index (Phi) is 4.74. The third kappa shape index (κ3) is 3.17. The first kappa shape index (κ1) is 17.6. The molecule has 8 nitrogen and oxygen atoms in total. The van der Waals surface area contributed by atoms with E-state index in [-0.39, 0.29) is 32.6 Å². The molecule has 0 atom stereocenters. The lowest BCUT2D eigenvalue weighted by Gasteiger charge is -2.19. The van der Waals surface area contributed by atoms with Crippen LogP contribution in [0.25, 0.3) is 5.70 Å². The first-order chi connectivity index (χ1) is 12.4. The molecule has 0 aliphatic carbocycles. The lowest BCUT2D eigenvalue weighted by molar-refractivity contribution is -0.427. The SMILES string of the molecule is O=N/C(=C1/CN(O)C(c2ccccc2F)=c2cc(Cl)ccc2=N1)[N+](=O)[O-]. The Labute approximate surface area is 150 Å². The summed E-state index contributed by atoms with van der Waals surface area (Å²) in [5.41, 5.74) is -0.327. The van der Waals surface area contributed by atoms with Crippen molar-refractivity contribution in [1.82, 2.24) is 5.06 Å². The highest BCUT2D eigenvalue weighted by atomic mass is 35.5. The molecular weight excluding hydrogens is 367 g/mol. The van der Waals surface area contributed by atoms with E-state index in [0.717, 1.165) is 0 Å². The van der Waals surface area contributed by atoms with E-state index in [2.05, 4.69) is 10.2 Å². The molecule has 0 bridgehead atoms. The van der Waals surface area contributed by atoms with Crippen LogP contribution in [0.2, 0.25) is 5.02 Å². The molecule has 26 heavy (non-hydrogen) atoms. The maximum atomic E-state index is 14.3. The van der Waals surface area contributed by atoms with Crippen LogP contribution in [-0.2, 0) is 0 Å². The van der Waals surface area contributed by atoms with Gasteiger partial charge >= 0.3 is 5.82 Å². The molecule has 0 saturated heterocycles. The zero-order chi connectivity index (χ0) is 18.8. The zero-order valence-corrected chi connectivity index (χ0v) is 13.7. The van der Waals surface area contributed by atoms with Crippen molar-refractivity contribution >= 4 is 17.3 Å². The van der Waals surface area contributed by atoms with Crippen LogP contribution in [0.1, 0.15) is 5.56 Å². The van der Waals surface area contributed by atoms with Crippen LogP contribution in [0.5, 0.6) is 0 Å². The lowest BCUT2D eigenvalue weighted by atomic mass is 10.1. The fraction of sp³-hybridized carbons (Fsp3) is 0.0625. The minimum Gasteiger partial charge on any atom is -0.358 e. The van der Waals surface area contributed by atoms with Gasteiger partial charge in [-0.05, 0) is 40.2 Å². The Bertz CT molecular complexity index is 1070. The van der Waals surface area contributed by atoms with E-state index in [4.69, 9.17) is 11.6 Å². The Morgan fingerprint density at radius 1 is 1.35 bits per heavy atom. The first-order valence-corrected chi connectivity index (χ1v) is 7.61. The molecule has 0 saturated carbocycles. The van der Waals surface area contributed by atoms with Gasteiger partial charge in [-0.1, -0.05) is 23.7 Å². The van der Waals surface area contributed by atoms with E-state index in [1.165, 1.54) is 36.4 Å². The minimum absolute atomic E-state index is 0.00736. The van der Waals surface area contributed by atoms with Crippen LogP contribution in [0.15, 0.2) is 64.2 Å². The van der Waals surface area contributed by atoms with Crippen molar-refractivity contribution in [3.8, 4) is 0 Å². The van der Waals surface area contributed by atoms with Crippen molar-refractivity contribution in [3.05, 3.63) is 96.0 Å². The standard InChI is InChI=1S/C16H10ClFN4O4/c17-9-5-6-13-11(7-9)15(10-3-1-2-4-12(10)18)21(24)8-14(19-13)16(20-23)22(25)26/h1-7,24H,8H2/b16-14+. The van der Waals surface area contributed by atoms with Gasteiger partial charge in [-0.3, -0.25) is 5.21 Å². The molecule has 0 aromatic heterocycles. The largest absolute Gasteiger partial charge is 0.438 e. The van der Waals surface area contributed by atoms with E-state index in [1.54, 1.807) is 6.07 Å².